The lowest BCUT2D eigenvalue weighted by Gasteiger charge is -2.16. The van der Waals surface area contributed by atoms with Gasteiger partial charge in [-0.2, -0.15) is 0 Å². The molecule has 0 bridgehead atoms. The lowest BCUT2D eigenvalue weighted by atomic mass is 10.2. The molecule has 0 saturated heterocycles. The molecule has 0 unspecified atom stereocenters. The predicted octanol–water partition coefficient (Wildman–Crippen LogP) is 3.30. The number of rotatable bonds is 3. The molecule has 0 fully saturated rings. The molecule has 0 atom stereocenters. The SMILES string of the molecule is CCN(C)c1ccc(CCl)cc1.Cl. The van der Waals surface area contributed by atoms with Crippen LogP contribution in [0, 0.1) is 0 Å². The smallest absolute Gasteiger partial charge is 0.0474 e. The van der Waals surface area contributed by atoms with E-state index in [-0.39, 0.29) is 12.4 Å². The Kier molecular flexibility index (Phi) is 5.93. The third kappa shape index (κ3) is 3.45. The van der Waals surface area contributed by atoms with Crippen LogP contribution in [0.15, 0.2) is 24.3 Å². The Morgan fingerprint density at radius 1 is 1.23 bits per heavy atom. The largest absolute Gasteiger partial charge is 0.375 e. The van der Waals surface area contributed by atoms with E-state index >= 15 is 0 Å². The van der Waals surface area contributed by atoms with E-state index < -0.39 is 0 Å². The maximum absolute atomic E-state index is 5.68. The minimum atomic E-state index is 0. The minimum absolute atomic E-state index is 0. The molecule has 0 saturated carbocycles. The van der Waals surface area contributed by atoms with Gasteiger partial charge in [-0.25, -0.2) is 0 Å². The molecule has 1 nitrogen and oxygen atoms in total. The first-order valence-corrected chi connectivity index (χ1v) is 4.67. The summed E-state index contributed by atoms with van der Waals surface area (Å²) in [5.74, 6) is 0.593. The number of hydrogen-bond acceptors (Lipinski definition) is 1. The third-order valence-corrected chi connectivity index (χ3v) is 2.31. The van der Waals surface area contributed by atoms with Gasteiger partial charge in [0.2, 0.25) is 0 Å². The van der Waals surface area contributed by atoms with Crippen LogP contribution in [0.25, 0.3) is 0 Å². The fourth-order valence-corrected chi connectivity index (χ4v) is 1.20. The van der Waals surface area contributed by atoms with Gasteiger partial charge in [0, 0.05) is 25.2 Å². The summed E-state index contributed by atoms with van der Waals surface area (Å²) in [5, 5.41) is 0. The van der Waals surface area contributed by atoms with Crippen molar-refractivity contribution in [3.05, 3.63) is 29.8 Å². The fourth-order valence-electron chi connectivity index (χ4n) is 1.02. The van der Waals surface area contributed by atoms with E-state index in [4.69, 9.17) is 11.6 Å². The van der Waals surface area contributed by atoms with Crippen LogP contribution in [0.3, 0.4) is 0 Å². The van der Waals surface area contributed by atoms with Crippen LogP contribution in [0.4, 0.5) is 5.69 Å². The second kappa shape index (κ2) is 6.11. The van der Waals surface area contributed by atoms with Crippen molar-refractivity contribution in [2.45, 2.75) is 12.8 Å². The number of hydrogen-bond donors (Lipinski definition) is 0. The Balaban J connectivity index is 0.00000144. The van der Waals surface area contributed by atoms with Gasteiger partial charge in [-0.3, -0.25) is 0 Å². The number of benzene rings is 1. The van der Waals surface area contributed by atoms with Crippen molar-refractivity contribution in [1.29, 1.82) is 0 Å². The monoisotopic (exact) mass is 219 g/mol. The van der Waals surface area contributed by atoms with E-state index in [0.29, 0.717) is 5.88 Å². The van der Waals surface area contributed by atoms with Crippen molar-refractivity contribution < 1.29 is 0 Å². The van der Waals surface area contributed by atoms with Crippen LogP contribution in [-0.4, -0.2) is 13.6 Å². The highest BCUT2D eigenvalue weighted by molar-refractivity contribution is 6.17. The Hall–Kier alpha value is -0.400. The molecule has 1 aromatic rings. The zero-order chi connectivity index (χ0) is 8.97. The van der Waals surface area contributed by atoms with Gasteiger partial charge in [-0.1, -0.05) is 12.1 Å². The molecule has 1 aromatic carbocycles. The average molecular weight is 220 g/mol. The maximum atomic E-state index is 5.68. The Bertz CT molecular complexity index is 233. The van der Waals surface area contributed by atoms with E-state index in [1.165, 1.54) is 11.3 Å². The maximum Gasteiger partial charge on any atom is 0.0474 e. The van der Waals surface area contributed by atoms with Crippen LogP contribution in [0.1, 0.15) is 12.5 Å². The van der Waals surface area contributed by atoms with Crippen LogP contribution >= 0.6 is 24.0 Å². The Morgan fingerprint density at radius 3 is 2.15 bits per heavy atom. The highest BCUT2D eigenvalue weighted by Gasteiger charge is 1.96. The van der Waals surface area contributed by atoms with Gasteiger partial charge in [0.15, 0.2) is 0 Å². The molecule has 0 N–H and O–H groups in total. The molecule has 0 aliphatic carbocycles. The molecular formula is C10H15Cl2N. The Labute approximate surface area is 91.1 Å². The molecule has 1 rings (SSSR count). The molecule has 0 spiro atoms. The van der Waals surface area contributed by atoms with Crippen molar-refractivity contribution in [1.82, 2.24) is 0 Å². The summed E-state index contributed by atoms with van der Waals surface area (Å²) in [6.07, 6.45) is 0. The normalized spacial score (nSPS) is 9.15. The van der Waals surface area contributed by atoms with E-state index in [1.807, 2.05) is 0 Å². The number of alkyl halides is 1. The van der Waals surface area contributed by atoms with Crippen molar-refractivity contribution in [3.63, 3.8) is 0 Å². The lowest BCUT2D eigenvalue weighted by molar-refractivity contribution is 0.967. The standard InChI is InChI=1S/C10H14ClN.ClH/c1-3-12(2)10-6-4-9(8-11)5-7-10;/h4-7H,3,8H2,1-2H3;1H. The van der Waals surface area contributed by atoms with E-state index in [0.717, 1.165) is 6.54 Å². The third-order valence-electron chi connectivity index (χ3n) is 2.01. The van der Waals surface area contributed by atoms with E-state index in [1.54, 1.807) is 0 Å². The molecule has 74 valence electrons. The van der Waals surface area contributed by atoms with Crippen molar-refractivity contribution in [2.24, 2.45) is 0 Å². The molecule has 13 heavy (non-hydrogen) atoms. The van der Waals surface area contributed by atoms with Crippen molar-refractivity contribution in [3.8, 4) is 0 Å². The van der Waals surface area contributed by atoms with Gasteiger partial charge < -0.3 is 4.90 Å². The van der Waals surface area contributed by atoms with E-state index in [2.05, 4.69) is 43.1 Å². The quantitative estimate of drug-likeness (QED) is 0.706. The molecule has 0 aliphatic heterocycles. The highest BCUT2D eigenvalue weighted by atomic mass is 35.5. The first-order chi connectivity index (χ1) is 5.77. The Morgan fingerprint density at radius 2 is 1.77 bits per heavy atom. The second-order valence-corrected chi connectivity index (χ2v) is 3.08. The molecule has 3 heteroatoms. The predicted molar refractivity (Wildman–Crippen MR) is 62.2 cm³/mol. The topological polar surface area (TPSA) is 3.24 Å². The van der Waals surface area contributed by atoms with Gasteiger partial charge in [0.25, 0.3) is 0 Å². The molecule has 0 aliphatic rings. The fraction of sp³-hybridized carbons (Fsp3) is 0.400. The first kappa shape index (κ1) is 12.6. The average Bonchev–Trinajstić information content (AvgIpc) is 2.17. The van der Waals surface area contributed by atoms with Crippen LogP contribution in [-0.2, 0) is 5.88 Å². The van der Waals surface area contributed by atoms with Crippen molar-refractivity contribution >= 4 is 29.7 Å². The van der Waals surface area contributed by atoms with Crippen molar-refractivity contribution in [2.75, 3.05) is 18.5 Å². The zero-order valence-corrected chi connectivity index (χ0v) is 9.53. The van der Waals surface area contributed by atoms with Crippen LogP contribution < -0.4 is 4.90 Å². The molecular weight excluding hydrogens is 205 g/mol. The first-order valence-electron chi connectivity index (χ1n) is 4.14. The summed E-state index contributed by atoms with van der Waals surface area (Å²) in [4.78, 5) is 2.19. The summed E-state index contributed by atoms with van der Waals surface area (Å²) < 4.78 is 0. The van der Waals surface area contributed by atoms with Gasteiger partial charge in [-0.15, -0.1) is 24.0 Å². The second-order valence-electron chi connectivity index (χ2n) is 2.81. The minimum Gasteiger partial charge on any atom is -0.375 e. The number of nitrogens with zero attached hydrogens (tertiary/aromatic N) is 1. The molecule has 0 aromatic heterocycles. The zero-order valence-electron chi connectivity index (χ0n) is 7.96. The highest BCUT2D eigenvalue weighted by Crippen LogP contribution is 2.14. The van der Waals surface area contributed by atoms with Crippen LogP contribution in [0.2, 0.25) is 0 Å². The molecule has 0 radical (unpaired) electrons. The summed E-state index contributed by atoms with van der Waals surface area (Å²) >= 11 is 5.68. The van der Waals surface area contributed by atoms with Gasteiger partial charge in [0.1, 0.15) is 0 Å². The van der Waals surface area contributed by atoms with Crippen LogP contribution in [0.5, 0.6) is 0 Å². The van der Waals surface area contributed by atoms with Gasteiger partial charge in [-0.05, 0) is 24.6 Å². The van der Waals surface area contributed by atoms with Gasteiger partial charge in [0.05, 0.1) is 0 Å². The summed E-state index contributed by atoms with van der Waals surface area (Å²) in [6, 6.07) is 8.32. The number of anilines is 1. The number of halogens is 2. The van der Waals surface area contributed by atoms with Gasteiger partial charge >= 0.3 is 0 Å². The molecule has 0 amide bonds. The summed E-state index contributed by atoms with van der Waals surface area (Å²) in [6.45, 7) is 3.16. The summed E-state index contributed by atoms with van der Waals surface area (Å²) in [7, 11) is 2.08. The lowest BCUT2D eigenvalue weighted by Crippen LogP contribution is -2.15. The summed E-state index contributed by atoms with van der Waals surface area (Å²) in [5.41, 5.74) is 2.41. The molecule has 0 heterocycles. The van der Waals surface area contributed by atoms with E-state index in [9.17, 15) is 0 Å².